The lowest BCUT2D eigenvalue weighted by Gasteiger charge is -2.04. The molecule has 0 spiro atoms. The molecule has 1 aromatic rings. The summed E-state index contributed by atoms with van der Waals surface area (Å²) in [6.07, 6.45) is 2.42. The van der Waals surface area contributed by atoms with Gasteiger partial charge >= 0.3 is 0 Å². The summed E-state index contributed by atoms with van der Waals surface area (Å²) in [7, 11) is 0. The molecule has 0 saturated carbocycles. The zero-order valence-corrected chi connectivity index (χ0v) is 8.64. The van der Waals surface area contributed by atoms with Crippen molar-refractivity contribution in [2.24, 2.45) is 0 Å². The van der Waals surface area contributed by atoms with Crippen molar-refractivity contribution < 1.29 is 0 Å². The van der Waals surface area contributed by atoms with Crippen molar-refractivity contribution in [3.05, 3.63) is 35.4 Å². The Morgan fingerprint density at radius 3 is 2.62 bits per heavy atom. The van der Waals surface area contributed by atoms with Crippen molar-refractivity contribution in [2.45, 2.75) is 33.2 Å². The second-order valence-electron chi connectivity index (χ2n) is 3.35. The Morgan fingerprint density at radius 1 is 1.15 bits per heavy atom. The van der Waals surface area contributed by atoms with Crippen LogP contribution in [-0.2, 0) is 13.0 Å². The summed E-state index contributed by atoms with van der Waals surface area (Å²) < 4.78 is 0. The number of aryl methyl sites for hydroxylation is 1. The zero-order valence-electron chi connectivity index (χ0n) is 8.64. The molecule has 0 radical (unpaired) electrons. The second-order valence-corrected chi connectivity index (χ2v) is 3.35. The van der Waals surface area contributed by atoms with E-state index in [2.05, 4.69) is 43.4 Å². The lowest BCUT2D eigenvalue weighted by atomic mass is 10.1. The third kappa shape index (κ3) is 3.60. The minimum absolute atomic E-state index is 0.994. The van der Waals surface area contributed by atoms with Gasteiger partial charge in [0.25, 0.3) is 0 Å². The van der Waals surface area contributed by atoms with Gasteiger partial charge in [-0.3, -0.25) is 0 Å². The molecule has 0 aliphatic heterocycles. The van der Waals surface area contributed by atoms with Gasteiger partial charge in [0.05, 0.1) is 0 Å². The minimum Gasteiger partial charge on any atom is -0.313 e. The summed E-state index contributed by atoms with van der Waals surface area (Å²) in [4.78, 5) is 0. The van der Waals surface area contributed by atoms with E-state index in [0.717, 1.165) is 13.1 Å². The fraction of sp³-hybridized carbons (Fsp3) is 0.500. The first kappa shape index (κ1) is 10.3. The highest BCUT2D eigenvalue weighted by Crippen LogP contribution is 2.07. The molecular formula is C12H19N. The van der Waals surface area contributed by atoms with E-state index in [9.17, 15) is 0 Å². The van der Waals surface area contributed by atoms with Gasteiger partial charge in [0.15, 0.2) is 0 Å². The minimum atomic E-state index is 0.994. The van der Waals surface area contributed by atoms with Crippen LogP contribution in [0.1, 0.15) is 31.4 Å². The van der Waals surface area contributed by atoms with Gasteiger partial charge in [0, 0.05) is 6.54 Å². The van der Waals surface area contributed by atoms with E-state index in [1.165, 1.54) is 24.0 Å². The standard InChI is InChI=1S/C12H19N/c1-3-6-11-7-5-8-12(9-11)10-13-4-2/h5,7-9,13H,3-4,6,10H2,1-2H3. The molecule has 72 valence electrons. The maximum atomic E-state index is 3.33. The average molecular weight is 177 g/mol. The highest BCUT2D eigenvalue weighted by Gasteiger charge is 1.94. The molecule has 1 nitrogen and oxygen atoms in total. The van der Waals surface area contributed by atoms with Crippen molar-refractivity contribution in [3.63, 3.8) is 0 Å². The molecule has 0 aliphatic carbocycles. The molecule has 13 heavy (non-hydrogen) atoms. The highest BCUT2D eigenvalue weighted by molar-refractivity contribution is 5.23. The molecule has 0 aliphatic rings. The predicted octanol–water partition coefficient (Wildman–Crippen LogP) is 2.75. The number of nitrogens with one attached hydrogen (secondary N) is 1. The number of hydrogen-bond donors (Lipinski definition) is 1. The maximum Gasteiger partial charge on any atom is 0.0205 e. The molecule has 1 N–H and O–H groups in total. The normalized spacial score (nSPS) is 10.3. The highest BCUT2D eigenvalue weighted by atomic mass is 14.8. The monoisotopic (exact) mass is 177 g/mol. The summed E-state index contributed by atoms with van der Waals surface area (Å²) in [5.41, 5.74) is 2.85. The number of rotatable bonds is 5. The topological polar surface area (TPSA) is 12.0 Å². The molecule has 0 amide bonds. The Hall–Kier alpha value is -0.820. The van der Waals surface area contributed by atoms with E-state index < -0.39 is 0 Å². The van der Waals surface area contributed by atoms with Crippen LogP contribution in [-0.4, -0.2) is 6.54 Å². The molecular weight excluding hydrogens is 158 g/mol. The molecule has 1 aromatic carbocycles. The first-order valence-electron chi connectivity index (χ1n) is 5.15. The van der Waals surface area contributed by atoms with Crippen LogP contribution in [0.3, 0.4) is 0 Å². The molecule has 0 saturated heterocycles. The number of hydrogen-bond acceptors (Lipinski definition) is 1. The third-order valence-electron chi connectivity index (χ3n) is 2.11. The van der Waals surface area contributed by atoms with Crippen molar-refractivity contribution in [2.75, 3.05) is 6.54 Å². The van der Waals surface area contributed by atoms with Crippen LogP contribution in [0.4, 0.5) is 0 Å². The molecule has 0 aromatic heterocycles. The van der Waals surface area contributed by atoms with Crippen LogP contribution in [0, 0.1) is 0 Å². The Morgan fingerprint density at radius 2 is 1.92 bits per heavy atom. The molecule has 0 unspecified atom stereocenters. The van der Waals surface area contributed by atoms with Gasteiger partial charge in [-0.15, -0.1) is 0 Å². The molecule has 1 heteroatoms. The molecule has 0 heterocycles. The van der Waals surface area contributed by atoms with Gasteiger partial charge in [-0.05, 0) is 24.1 Å². The fourth-order valence-corrected chi connectivity index (χ4v) is 1.45. The van der Waals surface area contributed by atoms with Gasteiger partial charge in [-0.1, -0.05) is 44.5 Å². The maximum absolute atomic E-state index is 3.33. The summed E-state index contributed by atoms with van der Waals surface area (Å²) in [5, 5.41) is 3.33. The van der Waals surface area contributed by atoms with E-state index in [0.29, 0.717) is 0 Å². The first-order valence-corrected chi connectivity index (χ1v) is 5.15. The Labute approximate surface area is 81.2 Å². The van der Waals surface area contributed by atoms with Crippen molar-refractivity contribution in [1.82, 2.24) is 5.32 Å². The smallest absolute Gasteiger partial charge is 0.0205 e. The largest absolute Gasteiger partial charge is 0.313 e. The Balaban J connectivity index is 2.56. The van der Waals surface area contributed by atoms with Crippen LogP contribution in [0.15, 0.2) is 24.3 Å². The quantitative estimate of drug-likeness (QED) is 0.729. The Bertz CT molecular complexity index is 243. The SMILES string of the molecule is CCCc1cccc(CNCC)c1. The lowest BCUT2D eigenvalue weighted by molar-refractivity contribution is 0.725. The van der Waals surface area contributed by atoms with Crippen LogP contribution >= 0.6 is 0 Å². The summed E-state index contributed by atoms with van der Waals surface area (Å²) in [6, 6.07) is 8.84. The van der Waals surface area contributed by atoms with E-state index in [1.54, 1.807) is 0 Å². The van der Waals surface area contributed by atoms with Crippen LogP contribution < -0.4 is 5.32 Å². The van der Waals surface area contributed by atoms with Crippen molar-refractivity contribution in [1.29, 1.82) is 0 Å². The predicted molar refractivity (Wildman–Crippen MR) is 57.8 cm³/mol. The van der Waals surface area contributed by atoms with Gasteiger partial charge in [-0.25, -0.2) is 0 Å². The molecule has 0 bridgehead atoms. The zero-order chi connectivity index (χ0) is 9.52. The van der Waals surface area contributed by atoms with Gasteiger partial charge < -0.3 is 5.32 Å². The summed E-state index contributed by atoms with van der Waals surface area (Å²) in [6.45, 7) is 6.39. The average Bonchev–Trinajstić information content (AvgIpc) is 2.16. The van der Waals surface area contributed by atoms with Gasteiger partial charge in [-0.2, -0.15) is 0 Å². The summed E-state index contributed by atoms with van der Waals surface area (Å²) >= 11 is 0. The molecule has 0 fully saturated rings. The fourth-order valence-electron chi connectivity index (χ4n) is 1.45. The second kappa shape index (κ2) is 5.76. The van der Waals surface area contributed by atoms with Crippen LogP contribution in [0.25, 0.3) is 0 Å². The van der Waals surface area contributed by atoms with Gasteiger partial charge in [0.2, 0.25) is 0 Å². The van der Waals surface area contributed by atoms with Crippen LogP contribution in [0.5, 0.6) is 0 Å². The van der Waals surface area contributed by atoms with Crippen molar-refractivity contribution >= 4 is 0 Å². The molecule has 1 rings (SSSR count). The lowest BCUT2D eigenvalue weighted by Crippen LogP contribution is -2.11. The molecule has 0 atom stereocenters. The van der Waals surface area contributed by atoms with E-state index in [4.69, 9.17) is 0 Å². The first-order chi connectivity index (χ1) is 6.36. The number of benzene rings is 1. The summed E-state index contributed by atoms with van der Waals surface area (Å²) in [5.74, 6) is 0. The van der Waals surface area contributed by atoms with Crippen LogP contribution in [0.2, 0.25) is 0 Å². The van der Waals surface area contributed by atoms with Crippen molar-refractivity contribution in [3.8, 4) is 0 Å². The van der Waals surface area contributed by atoms with E-state index >= 15 is 0 Å². The van der Waals surface area contributed by atoms with Gasteiger partial charge in [0.1, 0.15) is 0 Å². The van der Waals surface area contributed by atoms with E-state index in [-0.39, 0.29) is 0 Å². The Kier molecular flexibility index (Phi) is 4.55. The third-order valence-corrected chi connectivity index (χ3v) is 2.11. The van der Waals surface area contributed by atoms with E-state index in [1.807, 2.05) is 0 Å².